The van der Waals surface area contributed by atoms with Crippen LogP contribution in [0.25, 0.3) is 10.9 Å². The molecule has 2 aromatic heterocycles. The van der Waals surface area contributed by atoms with E-state index in [1.165, 1.54) is 10.9 Å². The second kappa shape index (κ2) is 7.56. The summed E-state index contributed by atoms with van der Waals surface area (Å²) in [5.41, 5.74) is 2.39. The Bertz CT molecular complexity index is 868. The lowest BCUT2D eigenvalue weighted by Crippen LogP contribution is -2.41. The van der Waals surface area contributed by atoms with E-state index >= 15 is 0 Å². The third-order valence-electron chi connectivity index (χ3n) is 5.11. The summed E-state index contributed by atoms with van der Waals surface area (Å²) in [4.78, 5) is 26.4. The number of nitrogens with zero attached hydrogens (tertiary/aromatic N) is 3. The Hall–Kier alpha value is -2.89. The number of aromatic amines is 1. The first-order valence-electron chi connectivity index (χ1n) is 9.15. The number of H-pyrrole nitrogens is 1. The van der Waals surface area contributed by atoms with Crippen LogP contribution in [0, 0.1) is 5.92 Å². The van der Waals surface area contributed by atoms with E-state index in [1.807, 2.05) is 18.3 Å². The number of amides is 1. The van der Waals surface area contributed by atoms with Gasteiger partial charge in [-0.15, -0.1) is 0 Å². The zero-order valence-electron chi connectivity index (χ0n) is 14.7. The fourth-order valence-electron chi connectivity index (χ4n) is 3.63. The highest BCUT2D eigenvalue weighted by Gasteiger charge is 2.25. The van der Waals surface area contributed by atoms with E-state index in [2.05, 4.69) is 37.3 Å². The number of fused-ring (bicyclic) bond motifs is 1. The second-order valence-corrected chi connectivity index (χ2v) is 6.73. The number of benzene rings is 1. The molecule has 0 saturated carbocycles. The Kier molecular flexibility index (Phi) is 4.82. The summed E-state index contributed by atoms with van der Waals surface area (Å²) < 4.78 is 0. The molecule has 3 heterocycles. The summed E-state index contributed by atoms with van der Waals surface area (Å²) >= 11 is 0. The third-order valence-corrected chi connectivity index (χ3v) is 5.11. The smallest absolute Gasteiger partial charge is 0.223 e. The summed E-state index contributed by atoms with van der Waals surface area (Å²) in [6, 6.07) is 8.26. The number of nitrogens with one attached hydrogen (secondary N) is 2. The largest absolute Gasteiger partial charge is 0.361 e. The molecule has 1 amide bonds. The van der Waals surface area contributed by atoms with Crippen LogP contribution in [0.3, 0.4) is 0 Å². The van der Waals surface area contributed by atoms with Crippen molar-refractivity contribution in [1.29, 1.82) is 0 Å². The number of hydrogen-bond donors (Lipinski definition) is 2. The van der Waals surface area contributed by atoms with Gasteiger partial charge in [-0.3, -0.25) is 9.78 Å². The Morgan fingerprint density at radius 3 is 2.88 bits per heavy atom. The molecule has 26 heavy (non-hydrogen) atoms. The Balaban J connectivity index is 1.26. The van der Waals surface area contributed by atoms with Crippen molar-refractivity contribution in [2.45, 2.75) is 19.3 Å². The van der Waals surface area contributed by atoms with E-state index in [9.17, 15) is 4.79 Å². The molecule has 0 aliphatic carbocycles. The van der Waals surface area contributed by atoms with Gasteiger partial charge in [0.15, 0.2) is 0 Å². The van der Waals surface area contributed by atoms with Crippen molar-refractivity contribution in [1.82, 2.24) is 20.3 Å². The van der Waals surface area contributed by atoms with Crippen LogP contribution in [0.5, 0.6) is 0 Å². The number of rotatable bonds is 5. The fourth-order valence-corrected chi connectivity index (χ4v) is 3.63. The Labute approximate surface area is 152 Å². The molecule has 3 aromatic rings. The molecule has 6 heteroatoms. The lowest BCUT2D eigenvalue weighted by molar-refractivity contribution is -0.125. The lowest BCUT2D eigenvalue weighted by atomic mass is 9.96. The van der Waals surface area contributed by atoms with Crippen LogP contribution in [0.15, 0.2) is 49.1 Å². The van der Waals surface area contributed by atoms with Crippen molar-refractivity contribution < 1.29 is 4.79 Å². The first-order valence-corrected chi connectivity index (χ1v) is 9.15. The lowest BCUT2D eigenvalue weighted by Gasteiger charge is -2.31. The van der Waals surface area contributed by atoms with E-state index in [4.69, 9.17) is 0 Å². The number of para-hydroxylation sites is 1. The van der Waals surface area contributed by atoms with Gasteiger partial charge in [0.1, 0.15) is 5.82 Å². The van der Waals surface area contributed by atoms with Gasteiger partial charge >= 0.3 is 0 Å². The van der Waals surface area contributed by atoms with Gasteiger partial charge in [-0.2, -0.15) is 0 Å². The monoisotopic (exact) mass is 349 g/mol. The van der Waals surface area contributed by atoms with Crippen LogP contribution < -0.4 is 10.2 Å². The van der Waals surface area contributed by atoms with Crippen molar-refractivity contribution in [3.05, 3.63) is 54.6 Å². The molecule has 4 rings (SSSR count). The fraction of sp³-hybridized carbons (Fsp3) is 0.350. The number of hydrogen-bond acceptors (Lipinski definition) is 4. The molecule has 1 aliphatic heterocycles. The van der Waals surface area contributed by atoms with Crippen LogP contribution in [-0.4, -0.2) is 40.5 Å². The SMILES string of the molecule is O=C(NCCc1c[nH]c2ccccc12)C1CCN(c2cnccn2)CC1. The molecule has 0 atom stereocenters. The van der Waals surface area contributed by atoms with Crippen LogP contribution in [0.2, 0.25) is 0 Å². The summed E-state index contributed by atoms with van der Waals surface area (Å²) in [5, 5.41) is 4.35. The van der Waals surface area contributed by atoms with E-state index < -0.39 is 0 Å². The standard InChI is InChI=1S/C20H23N5O/c26-20(15-6-11-25(12-7-15)19-14-21-9-10-22-19)23-8-5-16-13-24-18-4-2-1-3-17(16)18/h1-4,9-10,13-15,24H,5-8,11-12H2,(H,23,26). The highest BCUT2D eigenvalue weighted by molar-refractivity contribution is 5.83. The van der Waals surface area contributed by atoms with Gasteiger partial charge in [0, 0.05) is 55.0 Å². The molecule has 1 aromatic carbocycles. The molecule has 1 fully saturated rings. The molecular weight excluding hydrogens is 326 g/mol. The first kappa shape index (κ1) is 16.6. The minimum Gasteiger partial charge on any atom is -0.361 e. The highest BCUT2D eigenvalue weighted by atomic mass is 16.1. The predicted octanol–water partition coefficient (Wildman–Crippen LogP) is 2.53. The highest BCUT2D eigenvalue weighted by Crippen LogP contribution is 2.21. The molecule has 1 saturated heterocycles. The van der Waals surface area contributed by atoms with Crippen molar-refractivity contribution in [3.63, 3.8) is 0 Å². The minimum atomic E-state index is 0.0888. The van der Waals surface area contributed by atoms with Gasteiger partial charge in [0.05, 0.1) is 6.20 Å². The summed E-state index contributed by atoms with van der Waals surface area (Å²) in [7, 11) is 0. The van der Waals surface area contributed by atoms with E-state index in [-0.39, 0.29) is 11.8 Å². The van der Waals surface area contributed by atoms with Crippen molar-refractivity contribution >= 4 is 22.6 Å². The molecule has 0 unspecified atom stereocenters. The van der Waals surface area contributed by atoms with Gasteiger partial charge in [-0.05, 0) is 30.9 Å². The first-order chi connectivity index (χ1) is 12.8. The average molecular weight is 349 g/mol. The molecule has 134 valence electrons. The molecule has 2 N–H and O–H groups in total. The normalized spacial score (nSPS) is 15.3. The van der Waals surface area contributed by atoms with Gasteiger partial charge < -0.3 is 15.2 Å². The molecule has 0 bridgehead atoms. The van der Waals surface area contributed by atoms with Crippen molar-refractivity contribution in [2.24, 2.45) is 5.92 Å². The van der Waals surface area contributed by atoms with Gasteiger partial charge in [-0.1, -0.05) is 18.2 Å². The molecule has 0 spiro atoms. The van der Waals surface area contributed by atoms with Gasteiger partial charge in [-0.25, -0.2) is 4.98 Å². The van der Waals surface area contributed by atoms with Crippen molar-refractivity contribution in [3.8, 4) is 0 Å². The predicted molar refractivity (Wildman–Crippen MR) is 102 cm³/mol. The maximum Gasteiger partial charge on any atom is 0.223 e. The summed E-state index contributed by atoms with van der Waals surface area (Å²) in [6.07, 6.45) is 9.76. The minimum absolute atomic E-state index is 0.0888. The Morgan fingerprint density at radius 2 is 2.08 bits per heavy atom. The second-order valence-electron chi connectivity index (χ2n) is 6.73. The number of aromatic nitrogens is 3. The summed E-state index contributed by atoms with van der Waals surface area (Å²) in [6.45, 7) is 2.36. The maximum atomic E-state index is 12.5. The molecular formula is C20H23N5O. The maximum absolute atomic E-state index is 12.5. The third kappa shape index (κ3) is 3.54. The Morgan fingerprint density at radius 1 is 1.23 bits per heavy atom. The van der Waals surface area contributed by atoms with E-state index in [1.54, 1.807) is 18.6 Å². The van der Waals surface area contributed by atoms with Crippen LogP contribution in [-0.2, 0) is 11.2 Å². The van der Waals surface area contributed by atoms with Crippen LogP contribution in [0.4, 0.5) is 5.82 Å². The van der Waals surface area contributed by atoms with Gasteiger partial charge in [0.2, 0.25) is 5.91 Å². The van der Waals surface area contributed by atoms with Gasteiger partial charge in [0.25, 0.3) is 0 Å². The average Bonchev–Trinajstić information content (AvgIpc) is 3.12. The van der Waals surface area contributed by atoms with E-state index in [0.717, 1.165) is 43.7 Å². The van der Waals surface area contributed by atoms with E-state index in [0.29, 0.717) is 6.54 Å². The summed E-state index contributed by atoms with van der Waals surface area (Å²) in [5.74, 6) is 1.15. The quantitative estimate of drug-likeness (QED) is 0.742. The molecule has 1 aliphatic rings. The number of anilines is 1. The van der Waals surface area contributed by atoms with Crippen LogP contribution in [0.1, 0.15) is 18.4 Å². The zero-order chi connectivity index (χ0) is 17.8. The van der Waals surface area contributed by atoms with Crippen LogP contribution >= 0.6 is 0 Å². The number of piperidine rings is 1. The zero-order valence-corrected chi connectivity index (χ0v) is 14.7. The number of carbonyl (C=O) groups is 1. The molecule has 6 nitrogen and oxygen atoms in total. The molecule has 0 radical (unpaired) electrons. The topological polar surface area (TPSA) is 73.9 Å². The number of carbonyl (C=O) groups excluding carboxylic acids is 1. The van der Waals surface area contributed by atoms with Crippen molar-refractivity contribution in [2.75, 3.05) is 24.5 Å².